The summed E-state index contributed by atoms with van der Waals surface area (Å²) in [6, 6.07) is 11.1. The highest BCUT2D eigenvalue weighted by molar-refractivity contribution is 14.1. The number of aromatic hydroxyl groups is 1. The molecular weight excluding hydrogens is 355 g/mol. The molecule has 3 N–H and O–H groups in total. The van der Waals surface area contributed by atoms with Crippen LogP contribution < -0.4 is 5.73 Å². The quantitative estimate of drug-likeness (QED) is 0.509. The number of benzene rings is 2. The fourth-order valence-corrected chi connectivity index (χ4v) is 3.21. The number of nitrogens with zero attached hydrogens (tertiary/aromatic N) is 1. The third kappa shape index (κ3) is 2.04. The predicted molar refractivity (Wildman–Crippen MR) is 83.9 cm³/mol. The number of phenols is 1. The number of anilines is 1. The van der Waals surface area contributed by atoms with E-state index in [-0.39, 0.29) is 5.75 Å². The average Bonchev–Trinajstić information content (AvgIpc) is 2.75. The van der Waals surface area contributed by atoms with Gasteiger partial charge in [0, 0.05) is 14.8 Å². The van der Waals surface area contributed by atoms with Crippen molar-refractivity contribution in [3.05, 3.63) is 40.0 Å². The van der Waals surface area contributed by atoms with Gasteiger partial charge in [-0.1, -0.05) is 0 Å². The van der Waals surface area contributed by atoms with Crippen molar-refractivity contribution in [2.45, 2.75) is 0 Å². The Morgan fingerprint density at radius 2 is 2.00 bits per heavy atom. The van der Waals surface area contributed by atoms with Gasteiger partial charge in [0.15, 0.2) is 0 Å². The minimum Gasteiger partial charge on any atom is -0.508 e. The second-order valence-electron chi connectivity index (χ2n) is 3.91. The van der Waals surface area contributed by atoms with Crippen LogP contribution in [-0.4, -0.2) is 10.1 Å². The standard InChI is InChI=1S/C13H9IN2OS/c14-9-5-7(1-3-10(9)15)13-16-11-4-2-8(17)6-12(11)18-13/h1-6,17H,15H2/i14-4. The number of hydrogen-bond donors (Lipinski definition) is 2. The molecule has 0 radical (unpaired) electrons. The van der Waals surface area contributed by atoms with Crippen LogP contribution in [0.15, 0.2) is 36.4 Å². The summed E-state index contributed by atoms with van der Waals surface area (Å²) < 4.78 is 2.00. The van der Waals surface area contributed by atoms with Crippen LogP contribution in [0.3, 0.4) is 0 Å². The molecule has 0 atom stereocenters. The molecule has 0 fully saturated rings. The molecule has 0 spiro atoms. The molecule has 90 valence electrons. The number of nitrogens with two attached hydrogens (primary N) is 1. The van der Waals surface area contributed by atoms with Crippen molar-refractivity contribution in [3.8, 4) is 16.3 Å². The largest absolute Gasteiger partial charge is 0.508 e. The van der Waals surface area contributed by atoms with Gasteiger partial charge in [-0.3, -0.25) is 0 Å². The van der Waals surface area contributed by atoms with Crippen LogP contribution in [0.2, 0.25) is 0 Å². The van der Waals surface area contributed by atoms with E-state index in [0.717, 1.165) is 30.0 Å². The fourth-order valence-electron chi connectivity index (χ4n) is 1.70. The lowest BCUT2D eigenvalue weighted by Gasteiger charge is -2.00. The lowest BCUT2D eigenvalue weighted by molar-refractivity contribution is 0.476. The van der Waals surface area contributed by atoms with Gasteiger partial charge in [-0.2, -0.15) is 0 Å². The van der Waals surface area contributed by atoms with E-state index in [1.54, 1.807) is 23.5 Å². The number of aromatic nitrogens is 1. The molecule has 3 aromatic rings. The van der Waals surface area contributed by atoms with Crippen LogP contribution in [0.4, 0.5) is 5.69 Å². The van der Waals surface area contributed by atoms with Gasteiger partial charge in [-0.05, 0) is 59.0 Å². The molecule has 0 unspecified atom stereocenters. The molecule has 3 nitrogen and oxygen atoms in total. The molecule has 0 aliphatic heterocycles. The maximum atomic E-state index is 9.45. The van der Waals surface area contributed by atoms with Crippen molar-refractivity contribution in [1.29, 1.82) is 0 Å². The molecule has 18 heavy (non-hydrogen) atoms. The first-order chi connectivity index (χ1) is 8.63. The smallest absolute Gasteiger partial charge is 0.124 e. The first-order valence-electron chi connectivity index (χ1n) is 5.28. The molecule has 0 amide bonds. The molecule has 0 bridgehead atoms. The summed E-state index contributed by atoms with van der Waals surface area (Å²) in [5, 5.41) is 10.4. The van der Waals surface area contributed by atoms with Gasteiger partial charge >= 0.3 is 0 Å². The number of halogens is 1. The van der Waals surface area contributed by atoms with E-state index in [9.17, 15) is 5.11 Å². The molecule has 0 saturated heterocycles. The summed E-state index contributed by atoms with van der Waals surface area (Å²) in [5.74, 6) is 0.268. The molecule has 5 heteroatoms. The third-order valence-corrected chi connectivity index (χ3v) is 4.62. The number of thiazole rings is 1. The van der Waals surface area contributed by atoms with Crippen LogP contribution in [0.5, 0.6) is 5.75 Å². The Morgan fingerprint density at radius 1 is 1.17 bits per heavy atom. The second kappa shape index (κ2) is 4.40. The highest BCUT2D eigenvalue weighted by atomic mass is 123. The van der Waals surface area contributed by atoms with Crippen molar-refractivity contribution in [3.63, 3.8) is 0 Å². The lowest BCUT2D eigenvalue weighted by Crippen LogP contribution is -1.88. The average molecular weight is 364 g/mol. The first kappa shape index (κ1) is 11.7. The highest BCUT2D eigenvalue weighted by Crippen LogP contribution is 2.33. The van der Waals surface area contributed by atoms with E-state index in [1.165, 1.54) is 0 Å². The minimum atomic E-state index is 0.268. The summed E-state index contributed by atoms with van der Waals surface area (Å²) >= 11 is 3.78. The molecule has 0 saturated carbocycles. The maximum absolute atomic E-state index is 9.45. The highest BCUT2D eigenvalue weighted by Gasteiger charge is 2.08. The number of phenolic OH excluding ortho intramolecular Hbond substituents is 1. The van der Waals surface area contributed by atoms with Gasteiger partial charge in [0.1, 0.15) is 10.8 Å². The summed E-state index contributed by atoms with van der Waals surface area (Å²) in [4.78, 5) is 4.56. The van der Waals surface area contributed by atoms with Gasteiger partial charge in [-0.25, -0.2) is 4.98 Å². The third-order valence-electron chi connectivity index (χ3n) is 2.62. The van der Waals surface area contributed by atoms with E-state index in [2.05, 4.69) is 27.6 Å². The van der Waals surface area contributed by atoms with Crippen LogP contribution in [0, 0.1) is 3.57 Å². The van der Waals surface area contributed by atoms with Gasteiger partial charge in [0.25, 0.3) is 0 Å². The van der Waals surface area contributed by atoms with Crippen molar-refractivity contribution in [2.24, 2.45) is 0 Å². The van der Waals surface area contributed by atoms with Crippen molar-refractivity contribution >= 4 is 49.8 Å². The second-order valence-corrected chi connectivity index (χ2v) is 6.10. The van der Waals surface area contributed by atoms with Crippen LogP contribution >= 0.6 is 33.9 Å². The number of hydrogen-bond acceptors (Lipinski definition) is 4. The Hall–Kier alpha value is -1.34. The van der Waals surface area contributed by atoms with Crippen molar-refractivity contribution < 1.29 is 5.11 Å². The Balaban J connectivity index is 2.16. The summed E-state index contributed by atoms with van der Waals surface area (Å²) in [7, 11) is 0. The Kier molecular flexibility index (Phi) is 2.87. The molecule has 2 aromatic carbocycles. The summed E-state index contributed by atoms with van der Waals surface area (Å²) in [6.07, 6.45) is 0. The lowest BCUT2D eigenvalue weighted by atomic mass is 10.2. The number of fused-ring (bicyclic) bond motifs is 1. The molecule has 0 aliphatic carbocycles. The van der Waals surface area contributed by atoms with E-state index < -0.39 is 0 Å². The normalized spacial score (nSPS) is 10.9. The van der Waals surface area contributed by atoms with E-state index in [1.807, 2.05) is 24.3 Å². The Morgan fingerprint density at radius 3 is 2.78 bits per heavy atom. The molecule has 1 aromatic heterocycles. The molecule has 3 rings (SSSR count). The number of nitrogen functional groups attached to an aromatic ring is 1. The van der Waals surface area contributed by atoms with E-state index in [0.29, 0.717) is 0 Å². The zero-order valence-electron chi connectivity index (χ0n) is 9.22. The monoisotopic (exact) mass is 364 g/mol. The van der Waals surface area contributed by atoms with E-state index >= 15 is 0 Å². The van der Waals surface area contributed by atoms with Crippen molar-refractivity contribution in [2.75, 3.05) is 5.73 Å². The maximum Gasteiger partial charge on any atom is 0.124 e. The number of rotatable bonds is 1. The topological polar surface area (TPSA) is 59.1 Å². The van der Waals surface area contributed by atoms with Crippen LogP contribution in [0.1, 0.15) is 0 Å². The first-order valence-corrected chi connectivity index (χ1v) is 7.18. The zero-order valence-corrected chi connectivity index (χ0v) is 12.2. The van der Waals surface area contributed by atoms with Crippen LogP contribution in [0.25, 0.3) is 20.8 Å². The predicted octanol–water partition coefficient (Wildman–Crippen LogP) is 3.86. The van der Waals surface area contributed by atoms with Crippen molar-refractivity contribution in [1.82, 2.24) is 4.98 Å². The molecular formula is C13H9IN2OS. The molecule has 0 aliphatic rings. The zero-order chi connectivity index (χ0) is 12.7. The van der Waals surface area contributed by atoms with Crippen LogP contribution in [-0.2, 0) is 0 Å². The van der Waals surface area contributed by atoms with Gasteiger partial charge in [0.05, 0.1) is 10.2 Å². The van der Waals surface area contributed by atoms with Gasteiger partial charge in [0.2, 0.25) is 0 Å². The summed E-state index contributed by atoms with van der Waals surface area (Å²) in [5.41, 5.74) is 8.53. The van der Waals surface area contributed by atoms with Gasteiger partial charge < -0.3 is 10.8 Å². The Labute approximate surface area is 121 Å². The minimum absolute atomic E-state index is 0.268. The van der Waals surface area contributed by atoms with Gasteiger partial charge in [-0.15, -0.1) is 11.3 Å². The molecule has 1 heterocycles. The summed E-state index contributed by atoms with van der Waals surface area (Å²) in [6.45, 7) is 0. The fraction of sp³-hybridized carbons (Fsp3) is 0. The Bertz CT molecular complexity index is 739. The van der Waals surface area contributed by atoms with E-state index in [4.69, 9.17) is 5.73 Å². The SMILES string of the molecule is Nc1ccc(-c2nc3ccc(O)cc3s2)cc1[123I].